The SMILES string of the molecule is Br.BrC1=CC2=C(CNC2)C1. The zero-order chi connectivity index (χ0) is 6.27. The Bertz CT molecular complexity index is 206. The third-order valence-corrected chi connectivity index (χ3v) is 2.33. The fourth-order valence-corrected chi connectivity index (χ4v) is 1.97. The molecule has 2 aliphatic rings. The summed E-state index contributed by atoms with van der Waals surface area (Å²) in [6.07, 6.45) is 3.37. The highest BCUT2D eigenvalue weighted by atomic mass is 79.9. The van der Waals surface area contributed by atoms with Gasteiger partial charge >= 0.3 is 0 Å². The molecule has 0 bridgehead atoms. The molecule has 0 atom stereocenters. The van der Waals surface area contributed by atoms with Crippen molar-refractivity contribution >= 4 is 32.9 Å². The van der Waals surface area contributed by atoms with Crippen LogP contribution in [0.4, 0.5) is 0 Å². The van der Waals surface area contributed by atoms with Gasteiger partial charge in [0.2, 0.25) is 0 Å². The van der Waals surface area contributed by atoms with E-state index in [1.54, 1.807) is 5.57 Å². The van der Waals surface area contributed by atoms with E-state index in [-0.39, 0.29) is 17.0 Å². The largest absolute Gasteiger partial charge is 0.309 e. The minimum Gasteiger partial charge on any atom is -0.309 e. The van der Waals surface area contributed by atoms with E-state index in [2.05, 4.69) is 27.3 Å². The van der Waals surface area contributed by atoms with Gasteiger partial charge in [0.1, 0.15) is 0 Å². The van der Waals surface area contributed by atoms with E-state index in [4.69, 9.17) is 0 Å². The lowest BCUT2D eigenvalue weighted by Crippen LogP contribution is -2.09. The molecule has 0 aromatic heterocycles. The van der Waals surface area contributed by atoms with Crippen LogP contribution in [0.1, 0.15) is 6.42 Å². The Hall–Kier alpha value is 0.400. The Morgan fingerprint density at radius 1 is 1.40 bits per heavy atom. The van der Waals surface area contributed by atoms with Gasteiger partial charge in [-0.25, -0.2) is 0 Å². The molecule has 0 fully saturated rings. The molecule has 0 amide bonds. The van der Waals surface area contributed by atoms with E-state index in [9.17, 15) is 0 Å². The molecule has 0 unspecified atom stereocenters. The van der Waals surface area contributed by atoms with Crippen molar-refractivity contribution in [3.63, 3.8) is 0 Å². The van der Waals surface area contributed by atoms with Crippen molar-refractivity contribution in [2.45, 2.75) is 6.42 Å². The third kappa shape index (κ3) is 1.36. The van der Waals surface area contributed by atoms with Crippen LogP contribution in [-0.2, 0) is 0 Å². The molecule has 1 aliphatic carbocycles. The molecule has 56 valence electrons. The average molecular weight is 267 g/mol. The Morgan fingerprint density at radius 3 is 2.90 bits per heavy atom. The van der Waals surface area contributed by atoms with Gasteiger partial charge in [0.25, 0.3) is 0 Å². The highest BCUT2D eigenvalue weighted by Crippen LogP contribution is 2.30. The second kappa shape index (κ2) is 3.20. The average Bonchev–Trinajstić information content (AvgIpc) is 2.22. The second-order valence-corrected chi connectivity index (χ2v) is 3.52. The number of hydrogen-bond donors (Lipinski definition) is 1. The van der Waals surface area contributed by atoms with Crippen molar-refractivity contribution < 1.29 is 0 Å². The Kier molecular flexibility index (Phi) is 2.72. The quantitative estimate of drug-likeness (QED) is 0.709. The van der Waals surface area contributed by atoms with E-state index in [1.807, 2.05) is 0 Å². The van der Waals surface area contributed by atoms with Crippen LogP contribution in [0.5, 0.6) is 0 Å². The Labute approximate surface area is 79.5 Å². The summed E-state index contributed by atoms with van der Waals surface area (Å²) < 4.78 is 1.34. The smallest absolute Gasteiger partial charge is 0.0209 e. The van der Waals surface area contributed by atoms with Crippen molar-refractivity contribution in [2.24, 2.45) is 0 Å². The molecule has 1 N–H and O–H groups in total. The van der Waals surface area contributed by atoms with Crippen molar-refractivity contribution in [3.8, 4) is 0 Å². The van der Waals surface area contributed by atoms with E-state index in [0.29, 0.717) is 0 Å². The summed E-state index contributed by atoms with van der Waals surface area (Å²) in [6.45, 7) is 2.17. The molecule has 1 heterocycles. The Balaban J connectivity index is 0.000000500. The van der Waals surface area contributed by atoms with E-state index < -0.39 is 0 Å². The molecule has 2 rings (SSSR count). The zero-order valence-electron chi connectivity index (χ0n) is 5.48. The summed E-state index contributed by atoms with van der Waals surface area (Å²) in [5.41, 5.74) is 3.07. The normalized spacial score (nSPS) is 22.3. The molecule has 1 aliphatic heterocycles. The van der Waals surface area contributed by atoms with Crippen LogP contribution in [0.3, 0.4) is 0 Å². The van der Waals surface area contributed by atoms with Crippen LogP contribution < -0.4 is 5.32 Å². The molecule has 10 heavy (non-hydrogen) atoms. The molecule has 0 saturated heterocycles. The van der Waals surface area contributed by atoms with Crippen LogP contribution in [0.15, 0.2) is 21.7 Å². The van der Waals surface area contributed by atoms with E-state index in [0.717, 1.165) is 19.5 Å². The van der Waals surface area contributed by atoms with Crippen LogP contribution >= 0.6 is 32.9 Å². The standard InChI is InChI=1S/C7H8BrN.BrH/c8-7-1-5-3-9-4-6(5)2-7;/h1,9H,2-4H2;1H. The summed E-state index contributed by atoms with van der Waals surface area (Å²) in [5.74, 6) is 0. The highest BCUT2D eigenvalue weighted by molar-refractivity contribution is 9.11. The lowest BCUT2D eigenvalue weighted by atomic mass is 10.2. The molecule has 0 saturated carbocycles. The summed E-state index contributed by atoms with van der Waals surface area (Å²) >= 11 is 3.49. The van der Waals surface area contributed by atoms with Gasteiger partial charge in [0.15, 0.2) is 0 Å². The monoisotopic (exact) mass is 265 g/mol. The van der Waals surface area contributed by atoms with Crippen LogP contribution in [0, 0.1) is 0 Å². The third-order valence-electron chi connectivity index (χ3n) is 1.82. The molecule has 1 nitrogen and oxygen atoms in total. The van der Waals surface area contributed by atoms with Gasteiger partial charge in [-0.05, 0) is 21.7 Å². The van der Waals surface area contributed by atoms with Crippen LogP contribution in [0.25, 0.3) is 0 Å². The first-order chi connectivity index (χ1) is 4.36. The first-order valence-electron chi connectivity index (χ1n) is 3.14. The van der Waals surface area contributed by atoms with E-state index in [1.165, 1.54) is 10.1 Å². The fraction of sp³-hybridized carbons (Fsp3) is 0.429. The number of rotatable bonds is 0. The first kappa shape index (κ1) is 8.50. The van der Waals surface area contributed by atoms with Gasteiger partial charge in [-0.3, -0.25) is 0 Å². The summed E-state index contributed by atoms with van der Waals surface area (Å²) in [7, 11) is 0. The van der Waals surface area contributed by atoms with Gasteiger partial charge in [-0.2, -0.15) is 0 Å². The van der Waals surface area contributed by atoms with Crippen molar-refractivity contribution in [1.82, 2.24) is 5.32 Å². The number of hydrogen-bond acceptors (Lipinski definition) is 1. The topological polar surface area (TPSA) is 12.0 Å². The van der Waals surface area contributed by atoms with E-state index >= 15 is 0 Å². The molecular weight excluding hydrogens is 258 g/mol. The zero-order valence-corrected chi connectivity index (χ0v) is 8.78. The molecule has 0 radical (unpaired) electrons. The number of halogens is 2. The van der Waals surface area contributed by atoms with Crippen molar-refractivity contribution in [3.05, 3.63) is 21.7 Å². The predicted molar refractivity (Wildman–Crippen MR) is 51.8 cm³/mol. The summed E-state index contributed by atoms with van der Waals surface area (Å²) in [5, 5.41) is 3.31. The maximum absolute atomic E-state index is 3.49. The lowest BCUT2D eigenvalue weighted by Gasteiger charge is -1.94. The molecular formula is C7H9Br2N. The Morgan fingerprint density at radius 2 is 2.20 bits per heavy atom. The van der Waals surface area contributed by atoms with Gasteiger partial charge in [-0.15, -0.1) is 17.0 Å². The van der Waals surface area contributed by atoms with Gasteiger partial charge in [0, 0.05) is 19.5 Å². The van der Waals surface area contributed by atoms with Gasteiger partial charge in [0.05, 0.1) is 0 Å². The fourth-order valence-electron chi connectivity index (χ4n) is 1.36. The predicted octanol–water partition coefficient (Wildman–Crippen LogP) is 2.15. The minimum absolute atomic E-state index is 0. The molecule has 0 aromatic rings. The number of allylic oxidation sites excluding steroid dienone is 1. The highest BCUT2D eigenvalue weighted by Gasteiger charge is 2.17. The van der Waals surface area contributed by atoms with Crippen molar-refractivity contribution in [2.75, 3.05) is 13.1 Å². The molecule has 3 heteroatoms. The maximum Gasteiger partial charge on any atom is 0.0209 e. The second-order valence-electron chi connectivity index (χ2n) is 2.50. The van der Waals surface area contributed by atoms with Crippen LogP contribution in [0.2, 0.25) is 0 Å². The first-order valence-corrected chi connectivity index (χ1v) is 3.93. The minimum atomic E-state index is 0. The molecule has 0 spiro atoms. The van der Waals surface area contributed by atoms with Crippen molar-refractivity contribution in [1.29, 1.82) is 0 Å². The van der Waals surface area contributed by atoms with Crippen LogP contribution in [-0.4, -0.2) is 13.1 Å². The lowest BCUT2D eigenvalue weighted by molar-refractivity contribution is 0.855. The summed E-state index contributed by atoms with van der Waals surface area (Å²) in [6, 6.07) is 0. The molecule has 0 aromatic carbocycles. The van der Waals surface area contributed by atoms with Gasteiger partial charge in [-0.1, -0.05) is 15.9 Å². The van der Waals surface area contributed by atoms with Gasteiger partial charge < -0.3 is 5.32 Å². The number of nitrogens with one attached hydrogen (secondary N) is 1. The summed E-state index contributed by atoms with van der Waals surface area (Å²) in [4.78, 5) is 0. The maximum atomic E-state index is 3.49.